The molecule has 1 unspecified atom stereocenters. The molecule has 0 bridgehead atoms. The summed E-state index contributed by atoms with van der Waals surface area (Å²) in [5, 5.41) is 9.20. The van der Waals surface area contributed by atoms with E-state index in [0.717, 1.165) is 10.0 Å². The van der Waals surface area contributed by atoms with Crippen LogP contribution in [0.2, 0.25) is 0 Å². The standard InChI is InChI=1S/C16H18BrN3O3S/c1-10-7-14(20-23-10)19-16(22)9-24-8-15(21)18-11(2)12-5-3-4-6-13(12)17/h3-7,11H,8-9H2,1-2H3,(H,18,21)(H,19,20,22). The fourth-order valence-corrected chi connectivity index (χ4v) is 3.28. The van der Waals surface area contributed by atoms with E-state index in [1.807, 2.05) is 31.2 Å². The maximum absolute atomic E-state index is 12.0. The number of rotatable bonds is 7. The SMILES string of the molecule is Cc1cc(NC(=O)CSCC(=O)NC(C)c2ccccc2Br)no1. The van der Waals surface area contributed by atoms with Crippen molar-refractivity contribution >= 4 is 45.3 Å². The second kappa shape index (κ2) is 8.89. The van der Waals surface area contributed by atoms with Crippen molar-refractivity contribution < 1.29 is 14.1 Å². The largest absolute Gasteiger partial charge is 0.360 e. The van der Waals surface area contributed by atoms with Gasteiger partial charge in [-0.25, -0.2) is 0 Å². The molecule has 128 valence electrons. The minimum Gasteiger partial charge on any atom is -0.360 e. The summed E-state index contributed by atoms with van der Waals surface area (Å²) in [6.45, 7) is 3.66. The van der Waals surface area contributed by atoms with Crippen LogP contribution in [-0.4, -0.2) is 28.5 Å². The van der Waals surface area contributed by atoms with E-state index in [9.17, 15) is 9.59 Å². The Morgan fingerprint density at radius 2 is 2.00 bits per heavy atom. The lowest BCUT2D eigenvalue weighted by molar-refractivity contribution is -0.119. The number of benzene rings is 1. The summed E-state index contributed by atoms with van der Waals surface area (Å²) in [7, 11) is 0. The number of halogens is 1. The highest BCUT2D eigenvalue weighted by Gasteiger charge is 2.13. The summed E-state index contributed by atoms with van der Waals surface area (Å²) in [6, 6.07) is 9.26. The number of nitrogens with zero attached hydrogens (tertiary/aromatic N) is 1. The van der Waals surface area contributed by atoms with Crippen molar-refractivity contribution in [3.8, 4) is 0 Å². The lowest BCUT2D eigenvalue weighted by Gasteiger charge is -2.15. The number of amides is 2. The Balaban J connectivity index is 1.71. The van der Waals surface area contributed by atoms with E-state index in [1.165, 1.54) is 11.8 Å². The quantitative estimate of drug-likeness (QED) is 0.729. The number of aromatic nitrogens is 1. The van der Waals surface area contributed by atoms with Gasteiger partial charge in [-0.1, -0.05) is 39.3 Å². The van der Waals surface area contributed by atoms with Crippen LogP contribution in [0.5, 0.6) is 0 Å². The zero-order valence-electron chi connectivity index (χ0n) is 13.3. The molecule has 0 aliphatic carbocycles. The second-order valence-electron chi connectivity index (χ2n) is 5.17. The fourth-order valence-electron chi connectivity index (χ4n) is 2.03. The first-order chi connectivity index (χ1) is 11.5. The van der Waals surface area contributed by atoms with Crippen molar-refractivity contribution in [1.29, 1.82) is 0 Å². The first kappa shape index (κ1) is 18.5. The summed E-state index contributed by atoms with van der Waals surface area (Å²) in [5.41, 5.74) is 1.01. The zero-order valence-corrected chi connectivity index (χ0v) is 15.7. The molecule has 1 aromatic heterocycles. The average Bonchev–Trinajstić information content (AvgIpc) is 2.92. The highest BCUT2D eigenvalue weighted by atomic mass is 79.9. The molecule has 0 saturated heterocycles. The number of hydrogen-bond donors (Lipinski definition) is 2. The third kappa shape index (κ3) is 5.68. The van der Waals surface area contributed by atoms with Crippen molar-refractivity contribution in [1.82, 2.24) is 10.5 Å². The monoisotopic (exact) mass is 411 g/mol. The first-order valence-electron chi connectivity index (χ1n) is 7.30. The molecule has 0 saturated carbocycles. The molecular weight excluding hydrogens is 394 g/mol. The van der Waals surface area contributed by atoms with Crippen LogP contribution in [0.3, 0.4) is 0 Å². The number of aryl methyl sites for hydroxylation is 1. The Labute approximate surface area is 152 Å². The van der Waals surface area contributed by atoms with Crippen LogP contribution >= 0.6 is 27.7 Å². The van der Waals surface area contributed by atoms with Crippen LogP contribution in [0.15, 0.2) is 39.3 Å². The number of carbonyl (C=O) groups excluding carboxylic acids is 2. The summed E-state index contributed by atoms with van der Waals surface area (Å²) < 4.78 is 5.82. The van der Waals surface area contributed by atoms with Gasteiger partial charge in [0.1, 0.15) is 5.76 Å². The lowest BCUT2D eigenvalue weighted by atomic mass is 10.1. The van der Waals surface area contributed by atoms with Crippen LogP contribution in [0.4, 0.5) is 5.82 Å². The molecule has 1 atom stereocenters. The minimum atomic E-state index is -0.222. The number of thioether (sulfide) groups is 1. The van der Waals surface area contributed by atoms with Gasteiger partial charge in [0.15, 0.2) is 5.82 Å². The van der Waals surface area contributed by atoms with E-state index < -0.39 is 0 Å². The summed E-state index contributed by atoms with van der Waals surface area (Å²) in [4.78, 5) is 23.7. The number of nitrogens with one attached hydrogen (secondary N) is 2. The van der Waals surface area contributed by atoms with Crippen molar-refractivity contribution in [2.75, 3.05) is 16.8 Å². The van der Waals surface area contributed by atoms with Gasteiger partial charge in [0.2, 0.25) is 11.8 Å². The van der Waals surface area contributed by atoms with Gasteiger partial charge in [0.05, 0.1) is 17.5 Å². The molecule has 1 aromatic carbocycles. The Hall–Kier alpha value is -1.80. The Kier molecular flexibility index (Phi) is 6.86. The third-order valence-corrected chi connectivity index (χ3v) is 4.77. The molecule has 2 N–H and O–H groups in total. The van der Waals surface area contributed by atoms with Crippen LogP contribution in [0.25, 0.3) is 0 Å². The molecule has 2 rings (SSSR count). The minimum absolute atomic E-state index is 0.111. The number of carbonyl (C=O) groups is 2. The maximum Gasteiger partial charge on any atom is 0.235 e. The van der Waals surface area contributed by atoms with Crippen LogP contribution in [0, 0.1) is 6.92 Å². The molecule has 2 aromatic rings. The maximum atomic E-state index is 12.0. The van der Waals surface area contributed by atoms with Crippen LogP contribution in [0.1, 0.15) is 24.3 Å². The molecular formula is C16H18BrN3O3S. The number of anilines is 1. The Morgan fingerprint density at radius 3 is 2.67 bits per heavy atom. The second-order valence-corrected chi connectivity index (χ2v) is 7.01. The molecule has 0 spiro atoms. The van der Waals surface area contributed by atoms with Gasteiger partial charge in [-0.2, -0.15) is 0 Å². The normalized spacial score (nSPS) is 11.8. The van der Waals surface area contributed by atoms with E-state index in [1.54, 1.807) is 13.0 Å². The third-order valence-electron chi connectivity index (χ3n) is 3.11. The van der Waals surface area contributed by atoms with Crippen molar-refractivity contribution in [3.63, 3.8) is 0 Å². The fraction of sp³-hybridized carbons (Fsp3) is 0.312. The summed E-state index contributed by atoms with van der Waals surface area (Å²) in [5.74, 6) is 1.04. The predicted octanol–water partition coefficient (Wildman–Crippen LogP) is 3.29. The van der Waals surface area contributed by atoms with E-state index >= 15 is 0 Å². The summed E-state index contributed by atoms with van der Waals surface area (Å²) >= 11 is 4.71. The van der Waals surface area contributed by atoms with Crippen LogP contribution < -0.4 is 10.6 Å². The van der Waals surface area contributed by atoms with Crippen molar-refractivity contribution in [2.45, 2.75) is 19.9 Å². The highest BCUT2D eigenvalue weighted by molar-refractivity contribution is 9.10. The van der Waals surface area contributed by atoms with Gasteiger partial charge in [-0.3, -0.25) is 9.59 Å². The van der Waals surface area contributed by atoms with Gasteiger partial charge >= 0.3 is 0 Å². The smallest absolute Gasteiger partial charge is 0.235 e. The van der Waals surface area contributed by atoms with Crippen LogP contribution in [-0.2, 0) is 9.59 Å². The van der Waals surface area contributed by atoms with E-state index in [2.05, 4.69) is 31.7 Å². The number of hydrogen-bond acceptors (Lipinski definition) is 5. The summed E-state index contributed by atoms with van der Waals surface area (Å²) in [6.07, 6.45) is 0. The molecule has 6 nitrogen and oxygen atoms in total. The molecule has 0 aliphatic heterocycles. The van der Waals surface area contributed by atoms with Crippen molar-refractivity contribution in [2.24, 2.45) is 0 Å². The molecule has 0 aliphatic rings. The van der Waals surface area contributed by atoms with Gasteiger partial charge in [0.25, 0.3) is 0 Å². The Morgan fingerprint density at radius 1 is 1.29 bits per heavy atom. The van der Waals surface area contributed by atoms with E-state index in [4.69, 9.17) is 4.52 Å². The van der Waals surface area contributed by atoms with Gasteiger partial charge < -0.3 is 15.2 Å². The average molecular weight is 412 g/mol. The topological polar surface area (TPSA) is 84.2 Å². The van der Waals surface area contributed by atoms with Crippen molar-refractivity contribution in [3.05, 3.63) is 46.1 Å². The van der Waals surface area contributed by atoms with Gasteiger partial charge in [-0.05, 0) is 25.5 Å². The Bertz CT molecular complexity index is 720. The van der Waals surface area contributed by atoms with Gasteiger partial charge in [0, 0.05) is 10.5 Å². The molecule has 8 heteroatoms. The zero-order chi connectivity index (χ0) is 17.5. The molecule has 1 heterocycles. The molecule has 0 fully saturated rings. The molecule has 24 heavy (non-hydrogen) atoms. The van der Waals surface area contributed by atoms with E-state index in [-0.39, 0.29) is 29.4 Å². The van der Waals surface area contributed by atoms with E-state index in [0.29, 0.717) is 11.6 Å². The van der Waals surface area contributed by atoms with Gasteiger partial charge in [-0.15, -0.1) is 11.8 Å². The lowest BCUT2D eigenvalue weighted by Crippen LogP contribution is -2.29. The molecule has 2 amide bonds. The molecule has 0 radical (unpaired) electrons. The highest BCUT2D eigenvalue weighted by Crippen LogP contribution is 2.22. The first-order valence-corrected chi connectivity index (χ1v) is 9.25. The predicted molar refractivity (Wildman–Crippen MR) is 97.9 cm³/mol.